The smallest absolute Gasteiger partial charge is 0.338 e. The number of carbonyl (C=O) groups excluding carboxylic acids is 2. The minimum absolute atomic E-state index is 0.163. The van der Waals surface area contributed by atoms with E-state index in [1.807, 2.05) is 42.5 Å². The first-order valence-electron chi connectivity index (χ1n) is 8.45. The van der Waals surface area contributed by atoms with E-state index in [0.717, 1.165) is 10.8 Å². The molecule has 27 heavy (non-hydrogen) atoms. The minimum atomic E-state index is -0.462. The van der Waals surface area contributed by atoms with Crippen molar-refractivity contribution in [3.63, 3.8) is 0 Å². The summed E-state index contributed by atoms with van der Waals surface area (Å²) in [5.74, 6) is -0.183. The molecule has 0 aromatic heterocycles. The summed E-state index contributed by atoms with van der Waals surface area (Å²) < 4.78 is 10.6. The van der Waals surface area contributed by atoms with Gasteiger partial charge in [0.05, 0.1) is 22.9 Å². The average Bonchev–Trinajstić information content (AvgIpc) is 2.68. The molecule has 1 N–H and O–H groups in total. The van der Waals surface area contributed by atoms with E-state index in [-0.39, 0.29) is 24.1 Å². The molecule has 0 saturated carbocycles. The van der Waals surface area contributed by atoms with Crippen LogP contribution in [0, 0.1) is 0 Å². The summed E-state index contributed by atoms with van der Waals surface area (Å²) in [6.45, 7) is 1.84. The van der Waals surface area contributed by atoms with Crippen molar-refractivity contribution in [2.45, 2.75) is 6.92 Å². The summed E-state index contributed by atoms with van der Waals surface area (Å²) >= 11 is 6.15. The summed E-state index contributed by atoms with van der Waals surface area (Å²) in [6.07, 6.45) is 0. The quantitative estimate of drug-likeness (QED) is 0.627. The molecule has 3 aromatic carbocycles. The molecule has 6 heteroatoms. The molecule has 0 saturated heterocycles. The second-order valence-electron chi connectivity index (χ2n) is 5.73. The number of benzene rings is 3. The third-order valence-electron chi connectivity index (χ3n) is 3.86. The van der Waals surface area contributed by atoms with Crippen molar-refractivity contribution in [2.75, 3.05) is 18.5 Å². The molecule has 0 bridgehead atoms. The number of hydrogen-bond donors (Lipinski definition) is 1. The van der Waals surface area contributed by atoms with E-state index >= 15 is 0 Å². The van der Waals surface area contributed by atoms with Gasteiger partial charge in [-0.05, 0) is 36.6 Å². The lowest BCUT2D eigenvalue weighted by atomic mass is 10.1. The molecule has 0 fully saturated rings. The first kappa shape index (κ1) is 18.7. The fraction of sp³-hybridized carbons (Fsp3) is 0.143. The van der Waals surface area contributed by atoms with Crippen LogP contribution < -0.4 is 10.1 Å². The number of nitrogens with one attached hydrogen (secondary N) is 1. The van der Waals surface area contributed by atoms with Crippen LogP contribution in [0.2, 0.25) is 5.02 Å². The number of ether oxygens (including phenoxy) is 2. The highest BCUT2D eigenvalue weighted by Gasteiger charge is 2.12. The highest BCUT2D eigenvalue weighted by atomic mass is 35.5. The van der Waals surface area contributed by atoms with Gasteiger partial charge in [0.2, 0.25) is 0 Å². The van der Waals surface area contributed by atoms with E-state index in [1.54, 1.807) is 19.1 Å². The van der Waals surface area contributed by atoms with E-state index in [4.69, 9.17) is 21.1 Å². The van der Waals surface area contributed by atoms with Gasteiger partial charge in [0, 0.05) is 5.39 Å². The number of anilines is 1. The predicted octanol–water partition coefficient (Wildman–Crippen LogP) is 4.69. The van der Waals surface area contributed by atoms with Crippen molar-refractivity contribution in [2.24, 2.45) is 0 Å². The molecule has 0 heterocycles. The normalized spacial score (nSPS) is 10.4. The van der Waals surface area contributed by atoms with E-state index < -0.39 is 5.97 Å². The number of rotatable bonds is 6. The van der Waals surface area contributed by atoms with Gasteiger partial charge in [0.15, 0.2) is 6.61 Å². The second-order valence-corrected chi connectivity index (χ2v) is 6.14. The maximum Gasteiger partial charge on any atom is 0.338 e. The van der Waals surface area contributed by atoms with Gasteiger partial charge >= 0.3 is 5.97 Å². The van der Waals surface area contributed by atoms with Crippen molar-refractivity contribution >= 4 is 39.9 Å². The van der Waals surface area contributed by atoms with Gasteiger partial charge in [-0.25, -0.2) is 4.79 Å². The van der Waals surface area contributed by atoms with Gasteiger partial charge in [0.1, 0.15) is 5.75 Å². The molecule has 3 aromatic rings. The molecule has 0 radical (unpaired) electrons. The molecule has 138 valence electrons. The van der Waals surface area contributed by atoms with Crippen molar-refractivity contribution in [3.05, 3.63) is 71.2 Å². The number of fused-ring (bicyclic) bond motifs is 1. The fourth-order valence-electron chi connectivity index (χ4n) is 2.61. The third kappa shape index (κ3) is 4.57. The fourth-order valence-corrected chi connectivity index (χ4v) is 2.84. The molecule has 0 aliphatic heterocycles. The summed E-state index contributed by atoms with van der Waals surface area (Å²) in [7, 11) is 0. The van der Waals surface area contributed by atoms with Crippen LogP contribution >= 0.6 is 11.6 Å². The molecule has 0 aliphatic rings. The third-order valence-corrected chi connectivity index (χ3v) is 4.18. The zero-order valence-electron chi connectivity index (χ0n) is 14.7. The van der Waals surface area contributed by atoms with Crippen molar-refractivity contribution in [3.8, 4) is 5.75 Å². The van der Waals surface area contributed by atoms with E-state index in [2.05, 4.69) is 5.32 Å². The van der Waals surface area contributed by atoms with Crippen molar-refractivity contribution < 1.29 is 19.1 Å². The molecule has 3 rings (SSSR count). The largest absolute Gasteiger partial charge is 0.483 e. The van der Waals surface area contributed by atoms with Crippen LogP contribution in [0.3, 0.4) is 0 Å². The monoisotopic (exact) mass is 383 g/mol. The zero-order valence-corrected chi connectivity index (χ0v) is 15.5. The van der Waals surface area contributed by atoms with E-state index in [1.165, 1.54) is 6.07 Å². The number of amides is 1. The Morgan fingerprint density at radius 3 is 2.59 bits per heavy atom. The number of hydrogen-bond acceptors (Lipinski definition) is 4. The Bertz CT molecular complexity index is 982. The predicted molar refractivity (Wildman–Crippen MR) is 105 cm³/mol. The number of esters is 1. The molecular weight excluding hydrogens is 366 g/mol. The van der Waals surface area contributed by atoms with Gasteiger partial charge in [0.25, 0.3) is 5.91 Å². The Labute approximate surface area is 161 Å². The van der Waals surface area contributed by atoms with Crippen LogP contribution in [0.5, 0.6) is 5.75 Å². The average molecular weight is 384 g/mol. The number of carbonyl (C=O) groups is 2. The lowest BCUT2D eigenvalue weighted by Crippen LogP contribution is -2.20. The maximum atomic E-state index is 12.2. The molecule has 0 unspecified atom stereocenters. The summed E-state index contributed by atoms with van der Waals surface area (Å²) in [4.78, 5) is 23.9. The Morgan fingerprint density at radius 2 is 1.81 bits per heavy atom. The van der Waals surface area contributed by atoms with Gasteiger partial charge in [-0.15, -0.1) is 0 Å². The van der Waals surface area contributed by atoms with Crippen LogP contribution in [0.25, 0.3) is 10.8 Å². The van der Waals surface area contributed by atoms with Crippen molar-refractivity contribution in [1.82, 2.24) is 0 Å². The molecule has 0 spiro atoms. The van der Waals surface area contributed by atoms with Crippen molar-refractivity contribution in [1.29, 1.82) is 0 Å². The Morgan fingerprint density at radius 1 is 1.04 bits per heavy atom. The van der Waals surface area contributed by atoms with Crippen LogP contribution in [0.4, 0.5) is 5.69 Å². The van der Waals surface area contributed by atoms with Gasteiger partial charge < -0.3 is 14.8 Å². The van der Waals surface area contributed by atoms with E-state index in [9.17, 15) is 9.59 Å². The summed E-state index contributed by atoms with van der Waals surface area (Å²) in [5.41, 5.74) is 0.725. The molecule has 5 nitrogen and oxygen atoms in total. The molecule has 0 aliphatic carbocycles. The minimum Gasteiger partial charge on any atom is -0.483 e. The Kier molecular flexibility index (Phi) is 5.94. The summed E-state index contributed by atoms with van der Waals surface area (Å²) in [5, 5.41) is 4.90. The van der Waals surface area contributed by atoms with Crippen LogP contribution in [-0.4, -0.2) is 25.1 Å². The number of halogens is 1. The van der Waals surface area contributed by atoms with Gasteiger partial charge in [-0.2, -0.15) is 0 Å². The van der Waals surface area contributed by atoms with Crippen LogP contribution in [-0.2, 0) is 9.53 Å². The van der Waals surface area contributed by atoms with Gasteiger partial charge in [-0.1, -0.05) is 48.0 Å². The molecule has 0 atom stereocenters. The maximum absolute atomic E-state index is 12.2. The molecular formula is C21H18ClNO4. The molecule has 1 amide bonds. The topological polar surface area (TPSA) is 64.6 Å². The first-order valence-corrected chi connectivity index (χ1v) is 8.83. The second kappa shape index (κ2) is 8.56. The van der Waals surface area contributed by atoms with Crippen LogP contribution in [0.1, 0.15) is 17.3 Å². The highest BCUT2D eigenvalue weighted by Crippen LogP contribution is 2.26. The van der Waals surface area contributed by atoms with Crippen LogP contribution in [0.15, 0.2) is 60.7 Å². The standard InChI is InChI=1S/C21H18ClNO4/c1-2-26-21(25)15-10-11-18(17(22)12-15)23-20(24)13-27-19-9-5-7-14-6-3-4-8-16(14)19/h3-12H,2,13H2,1H3,(H,23,24). The first-order chi connectivity index (χ1) is 13.1. The Hall–Kier alpha value is -3.05. The Balaban J connectivity index is 1.65. The van der Waals surface area contributed by atoms with E-state index in [0.29, 0.717) is 17.0 Å². The summed E-state index contributed by atoms with van der Waals surface area (Å²) in [6, 6.07) is 18.0. The van der Waals surface area contributed by atoms with Gasteiger partial charge in [-0.3, -0.25) is 4.79 Å². The SMILES string of the molecule is CCOC(=O)c1ccc(NC(=O)COc2cccc3ccccc23)c(Cl)c1. The lowest BCUT2D eigenvalue weighted by Gasteiger charge is -2.11. The zero-order chi connectivity index (χ0) is 19.2. The lowest BCUT2D eigenvalue weighted by molar-refractivity contribution is -0.118. The highest BCUT2D eigenvalue weighted by molar-refractivity contribution is 6.34.